The summed E-state index contributed by atoms with van der Waals surface area (Å²) in [6, 6.07) is 3.83. The van der Waals surface area contributed by atoms with Gasteiger partial charge in [0.25, 0.3) is 0 Å². The molecule has 3 rings (SSSR count). The van der Waals surface area contributed by atoms with Crippen molar-refractivity contribution >= 4 is 23.4 Å². The van der Waals surface area contributed by atoms with Crippen LogP contribution >= 0.6 is 11.6 Å². The number of hydrogen-bond donors (Lipinski definition) is 0. The lowest BCUT2D eigenvalue weighted by Crippen LogP contribution is -2.55. The lowest BCUT2D eigenvalue weighted by atomic mass is 9.85. The fourth-order valence-electron chi connectivity index (χ4n) is 3.80. The monoisotopic (exact) mass is 351 g/mol. The molecule has 0 unspecified atom stereocenters. The minimum Gasteiger partial charge on any atom is -0.444 e. The van der Waals surface area contributed by atoms with E-state index in [-0.39, 0.29) is 11.6 Å². The number of pyridine rings is 1. The molecule has 24 heavy (non-hydrogen) atoms. The molecule has 132 valence electrons. The van der Waals surface area contributed by atoms with Crippen molar-refractivity contribution in [3.05, 3.63) is 23.5 Å². The molecular formula is C18H26ClN3O2. The molecule has 1 amide bonds. The van der Waals surface area contributed by atoms with Gasteiger partial charge in [-0.05, 0) is 58.6 Å². The number of amides is 1. The Kier molecular flexibility index (Phi) is 4.65. The van der Waals surface area contributed by atoms with E-state index in [2.05, 4.69) is 9.88 Å². The van der Waals surface area contributed by atoms with Crippen LogP contribution in [0.1, 0.15) is 46.5 Å². The largest absolute Gasteiger partial charge is 0.444 e. The molecule has 2 fully saturated rings. The summed E-state index contributed by atoms with van der Waals surface area (Å²) >= 11 is 5.87. The topological polar surface area (TPSA) is 45.7 Å². The average molecular weight is 352 g/mol. The normalized spacial score (nSPS) is 20.5. The molecule has 0 saturated carbocycles. The van der Waals surface area contributed by atoms with Crippen LogP contribution in [0.15, 0.2) is 18.3 Å². The molecule has 0 atom stereocenters. The van der Waals surface area contributed by atoms with Crippen LogP contribution in [-0.2, 0) is 4.74 Å². The SMILES string of the molecule is CC(C)(C)OC(=O)N1CCCC12CCN(c1ccc(Cl)nc1)CC2. The van der Waals surface area contributed by atoms with Gasteiger partial charge in [0, 0.05) is 25.2 Å². The van der Waals surface area contributed by atoms with Gasteiger partial charge in [-0.1, -0.05) is 11.6 Å². The van der Waals surface area contributed by atoms with E-state index in [0.29, 0.717) is 5.15 Å². The fourth-order valence-corrected chi connectivity index (χ4v) is 3.91. The number of piperidine rings is 1. The zero-order valence-corrected chi connectivity index (χ0v) is 15.5. The molecule has 2 saturated heterocycles. The van der Waals surface area contributed by atoms with E-state index >= 15 is 0 Å². The van der Waals surface area contributed by atoms with E-state index < -0.39 is 5.60 Å². The van der Waals surface area contributed by atoms with Crippen molar-refractivity contribution in [2.24, 2.45) is 0 Å². The number of rotatable bonds is 1. The number of carbonyl (C=O) groups excluding carboxylic acids is 1. The van der Waals surface area contributed by atoms with E-state index in [9.17, 15) is 4.79 Å². The highest BCUT2D eigenvalue weighted by atomic mass is 35.5. The van der Waals surface area contributed by atoms with Crippen LogP contribution in [0.2, 0.25) is 5.15 Å². The highest BCUT2D eigenvalue weighted by Crippen LogP contribution is 2.40. The molecule has 2 aliphatic rings. The van der Waals surface area contributed by atoms with E-state index in [1.807, 2.05) is 44.0 Å². The van der Waals surface area contributed by atoms with Crippen molar-refractivity contribution < 1.29 is 9.53 Å². The number of hydrogen-bond acceptors (Lipinski definition) is 4. The van der Waals surface area contributed by atoms with Gasteiger partial charge in [-0.15, -0.1) is 0 Å². The Balaban J connectivity index is 1.67. The summed E-state index contributed by atoms with van der Waals surface area (Å²) in [6.45, 7) is 8.40. The highest BCUT2D eigenvalue weighted by Gasteiger charge is 2.46. The Labute approximate surface area is 148 Å². The second kappa shape index (κ2) is 6.43. The molecule has 0 aromatic carbocycles. The number of nitrogens with zero attached hydrogens (tertiary/aromatic N) is 3. The molecule has 0 radical (unpaired) electrons. The minimum atomic E-state index is -0.448. The Morgan fingerprint density at radius 3 is 2.50 bits per heavy atom. The van der Waals surface area contributed by atoms with Crippen LogP contribution in [0.3, 0.4) is 0 Å². The van der Waals surface area contributed by atoms with Gasteiger partial charge in [0.2, 0.25) is 0 Å². The maximum absolute atomic E-state index is 12.6. The van der Waals surface area contributed by atoms with E-state index in [1.165, 1.54) is 0 Å². The van der Waals surface area contributed by atoms with E-state index in [4.69, 9.17) is 16.3 Å². The standard InChI is InChI=1S/C18H26ClN3O2/c1-17(2,3)24-16(23)22-10-4-7-18(22)8-11-21(12-9-18)14-5-6-15(19)20-13-14/h5-6,13H,4,7-12H2,1-3H3. The van der Waals surface area contributed by atoms with E-state index in [0.717, 1.165) is 51.0 Å². The lowest BCUT2D eigenvalue weighted by Gasteiger charge is -2.45. The van der Waals surface area contributed by atoms with Crippen molar-refractivity contribution in [2.45, 2.75) is 57.6 Å². The van der Waals surface area contributed by atoms with Gasteiger partial charge in [0.15, 0.2) is 0 Å². The third kappa shape index (κ3) is 3.61. The third-order valence-electron chi connectivity index (χ3n) is 4.98. The fraction of sp³-hybridized carbons (Fsp3) is 0.667. The number of likely N-dealkylation sites (tertiary alicyclic amines) is 1. The van der Waals surface area contributed by atoms with Crippen LogP contribution in [0.25, 0.3) is 0 Å². The first-order valence-electron chi connectivity index (χ1n) is 8.66. The molecule has 0 bridgehead atoms. The van der Waals surface area contributed by atoms with Crippen LogP contribution in [-0.4, -0.2) is 46.8 Å². The van der Waals surface area contributed by atoms with Crippen LogP contribution in [0.5, 0.6) is 0 Å². The molecule has 0 N–H and O–H groups in total. The molecule has 0 aliphatic carbocycles. The smallest absolute Gasteiger partial charge is 0.410 e. The minimum absolute atomic E-state index is 0.0430. The summed E-state index contributed by atoms with van der Waals surface area (Å²) in [6.07, 6.45) is 5.71. The average Bonchev–Trinajstić information content (AvgIpc) is 2.91. The van der Waals surface area contributed by atoms with Gasteiger partial charge < -0.3 is 14.5 Å². The molecular weight excluding hydrogens is 326 g/mol. The first-order chi connectivity index (χ1) is 11.3. The van der Waals surface area contributed by atoms with E-state index in [1.54, 1.807) is 0 Å². The molecule has 1 aromatic rings. The summed E-state index contributed by atoms with van der Waals surface area (Å²) in [7, 11) is 0. The quantitative estimate of drug-likeness (QED) is 0.714. The summed E-state index contributed by atoms with van der Waals surface area (Å²) in [5.74, 6) is 0. The highest BCUT2D eigenvalue weighted by molar-refractivity contribution is 6.29. The van der Waals surface area contributed by atoms with Crippen LogP contribution < -0.4 is 4.90 Å². The number of carbonyl (C=O) groups is 1. The lowest BCUT2D eigenvalue weighted by molar-refractivity contribution is 0.00322. The molecule has 5 nitrogen and oxygen atoms in total. The van der Waals surface area contributed by atoms with Gasteiger partial charge in [0.05, 0.1) is 11.9 Å². The van der Waals surface area contributed by atoms with Crippen LogP contribution in [0.4, 0.5) is 10.5 Å². The first-order valence-corrected chi connectivity index (χ1v) is 9.04. The number of anilines is 1. The van der Waals surface area contributed by atoms with Crippen molar-refractivity contribution in [1.82, 2.24) is 9.88 Å². The predicted octanol–water partition coefficient (Wildman–Crippen LogP) is 4.10. The molecule has 2 aliphatic heterocycles. The number of aromatic nitrogens is 1. The van der Waals surface area contributed by atoms with Gasteiger partial charge in [-0.25, -0.2) is 9.78 Å². The molecule has 1 spiro atoms. The van der Waals surface area contributed by atoms with Gasteiger partial charge in [-0.2, -0.15) is 0 Å². The Morgan fingerprint density at radius 1 is 1.21 bits per heavy atom. The Hall–Kier alpha value is -1.49. The summed E-state index contributed by atoms with van der Waals surface area (Å²) < 4.78 is 5.62. The Bertz CT molecular complexity index is 589. The predicted molar refractivity (Wildman–Crippen MR) is 95.6 cm³/mol. The van der Waals surface area contributed by atoms with Crippen LogP contribution in [0, 0.1) is 0 Å². The Morgan fingerprint density at radius 2 is 1.92 bits per heavy atom. The third-order valence-corrected chi connectivity index (χ3v) is 5.20. The zero-order valence-electron chi connectivity index (χ0n) is 14.7. The first kappa shape index (κ1) is 17.3. The van der Waals surface area contributed by atoms with Crippen molar-refractivity contribution in [3.63, 3.8) is 0 Å². The van der Waals surface area contributed by atoms with Crippen molar-refractivity contribution in [1.29, 1.82) is 0 Å². The summed E-state index contributed by atoms with van der Waals surface area (Å²) in [5.41, 5.74) is 0.603. The van der Waals surface area contributed by atoms with Crippen molar-refractivity contribution in [3.8, 4) is 0 Å². The molecule has 1 aromatic heterocycles. The number of ether oxygens (including phenoxy) is 1. The van der Waals surface area contributed by atoms with Gasteiger partial charge in [0.1, 0.15) is 10.8 Å². The zero-order chi connectivity index (χ0) is 17.4. The van der Waals surface area contributed by atoms with Gasteiger partial charge >= 0.3 is 6.09 Å². The second-order valence-electron chi connectivity index (χ2n) is 7.79. The summed E-state index contributed by atoms with van der Waals surface area (Å²) in [5, 5.41) is 0.513. The molecule has 3 heterocycles. The van der Waals surface area contributed by atoms with Gasteiger partial charge in [-0.3, -0.25) is 0 Å². The maximum Gasteiger partial charge on any atom is 0.410 e. The molecule has 6 heteroatoms. The van der Waals surface area contributed by atoms with Crippen molar-refractivity contribution in [2.75, 3.05) is 24.5 Å². The second-order valence-corrected chi connectivity index (χ2v) is 8.17. The summed E-state index contributed by atoms with van der Waals surface area (Å²) in [4.78, 5) is 21.1. The number of halogens is 1. The maximum atomic E-state index is 12.6.